The molecule has 2 aromatic rings. The van der Waals surface area contributed by atoms with Crippen LogP contribution in [-0.2, 0) is 13.1 Å². The van der Waals surface area contributed by atoms with Crippen LogP contribution in [0.15, 0.2) is 48.5 Å². The van der Waals surface area contributed by atoms with Crippen LogP contribution in [0.3, 0.4) is 0 Å². The smallest absolute Gasteiger partial charge is 0.127 e. The SMILES string of the molecule is COc1ccccc1C[N+]1(CCCCCCCCCC[N+]2(Cc3ccccc3OC)CCNCC2)CCNCC1. The van der Waals surface area contributed by atoms with Gasteiger partial charge in [0.15, 0.2) is 0 Å². The third kappa shape index (κ3) is 9.20. The summed E-state index contributed by atoms with van der Waals surface area (Å²) in [6, 6.07) is 17.2. The number of benzene rings is 2. The average Bonchev–Trinajstić information content (AvgIpc) is 2.99. The maximum Gasteiger partial charge on any atom is 0.127 e. The van der Waals surface area contributed by atoms with Gasteiger partial charge in [-0.1, -0.05) is 49.9 Å². The van der Waals surface area contributed by atoms with E-state index in [4.69, 9.17) is 9.47 Å². The lowest BCUT2D eigenvalue weighted by atomic mass is 10.0. The number of piperazine rings is 2. The summed E-state index contributed by atoms with van der Waals surface area (Å²) in [6.07, 6.45) is 11.0. The molecule has 2 N–H and O–H groups in total. The fraction of sp³-hybridized carbons (Fsp3) is 0.647. The number of rotatable bonds is 17. The number of para-hydroxylation sites is 2. The molecule has 0 atom stereocenters. The van der Waals surface area contributed by atoms with Crippen LogP contribution in [0, 0.1) is 0 Å². The zero-order chi connectivity index (χ0) is 27.9. The van der Waals surface area contributed by atoms with Crippen molar-refractivity contribution in [3.8, 4) is 11.5 Å². The Morgan fingerprint density at radius 3 is 1.25 bits per heavy atom. The van der Waals surface area contributed by atoms with E-state index in [0.29, 0.717) is 0 Å². The molecule has 0 aromatic heterocycles. The van der Waals surface area contributed by atoms with Crippen molar-refractivity contribution < 1.29 is 18.4 Å². The average molecular weight is 553 g/mol. The van der Waals surface area contributed by atoms with Crippen molar-refractivity contribution in [3.05, 3.63) is 59.7 Å². The zero-order valence-corrected chi connectivity index (χ0v) is 25.5. The van der Waals surface area contributed by atoms with Crippen LogP contribution >= 0.6 is 0 Å². The van der Waals surface area contributed by atoms with Crippen molar-refractivity contribution in [2.75, 3.05) is 79.7 Å². The van der Waals surface area contributed by atoms with Gasteiger partial charge in [0.05, 0.1) is 53.5 Å². The molecule has 2 fully saturated rings. The Morgan fingerprint density at radius 1 is 0.525 bits per heavy atom. The van der Waals surface area contributed by atoms with Crippen LogP contribution in [0.1, 0.15) is 62.5 Å². The minimum Gasteiger partial charge on any atom is -0.496 e. The molecule has 0 unspecified atom stereocenters. The van der Waals surface area contributed by atoms with Gasteiger partial charge in [-0.2, -0.15) is 0 Å². The maximum atomic E-state index is 5.67. The van der Waals surface area contributed by atoms with E-state index < -0.39 is 0 Å². The van der Waals surface area contributed by atoms with Crippen LogP contribution in [0.4, 0.5) is 0 Å². The highest BCUT2D eigenvalue weighted by atomic mass is 16.5. The largest absolute Gasteiger partial charge is 0.496 e. The van der Waals surface area contributed by atoms with Gasteiger partial charge in [0.2, 0.25) is 0 Å². The van der Waals surface area contributed by atoms with Gasteiger partial charge in [0, 0.05) is 37.3 Å². The summed E-state index contributed by atoms with van der Waals surface area (Å²) in [5.74, 6) is 2.09. The van der Waals surface area contributed by atoms with Gasteiger partial charge in [-0.3, -0.25) is 0 Å². The second-order valence-corrected chi connectivity index (χ2v) is 12.3. The van der Waals surface area contributed by atoms with Gasteiger partial charge in [0.25, 0.3) is 0 Å². The summed E-state index contributed by atoms with van der Waals surface area (Å²) < 4.78 is 13.8. The van der Waals surface area contributed by atoms with E-state index in [2.05, 4.69) is 59.2 Å². The van der Waals surface area contributed by atoms with E-state index in [9.17, 15) is 0 Å². The molecule has 222 valence electrons. The summed E-state index contributed by atoms with van der Waals surface area (Å²) in [5, 5.41) is 7.14. The molecule has 0 spiro atoms. The minimum absolute atomic E-state index is 1.04. The number of ether oxygens (including phenoxy) is 2. The van der Waals surface area contributed by atoms with Gasteiger partial charge in [-0.05, 0) is 49.9 Å². The Balaban J connectivity index is 1.13. The normalized spacial score (nSPS) is 18.4. The maximum absolute atomic E-state index is 5.67. The molecule has 0 amide bonds. The third-order valence-electron chi connectivity index (χ3n) is 9.46. The van der Waals surface area contributed by atoms with Gasteiger partial charge < -0.3 is 29.1 Å². The molecule has 0 saturated carbocycles. The number of methoxy groups -OCH3 is 2. The number of unbranched alkanes of at least 4 members (excludes halogenated alkanes) is 7. The van der Waals surface area contributed by atoms with Crippen molar-refractivity contribution in [2.24, 2.45) is 0 Å². The van der Waals surface area contributed by atoms with E-state index in [-0.39, 0.29) is 0 Å². The molecule has 40 heavy (non-hydrogen) atoms. The molecule has 2 aliphatic heterocycles. The highest BCUT2D eigenvalue weighted by Gasteiger charge is 2.31. The van der Waals surface area contributed by atoms with Crippen molar-refractivity contribution in [1.29, 1.82) is 0 Å². The van der Waals surface area contributed by atoms with Gasteiger partial charge in [0.1, 0.15) is 24.6 Å². The first-order valence-corrected chi connectivity index (χ1v) is 16.0. The number of quaternary nitrogens is 2. The van der Waals surface area contributed by atoms with Crippen LogP contribution in [0.2, 0.25) is 0 Å². The Morgan fingerprint density at radius 2 is 0.875 bits per heavy atom. The fourth-order valence-corrected chi connectivity index (χ4v) is 7.01. The molecule has 4 rings (SSSR count). The lowest BCUT2D eigenvalue weighted by Crippen LogP contribution is -2.58. The van der Waals surface area contributed by atoms with Crippen molar-refractivity contribution in [1.82, 2.24) is 10.6 Å². The highest BCUT2D eigenvalue weighted by molar-refractivity contribution is 5.33. The molecule has 2 heterocycles. The first-order valence-electron chi connectivity index (χ1n) is 16.0. The second kappa shape index (κ2) is 16.4. The standard InChI is InChI=1S/C34H56N4O2/c1-39-33-17-11-9-15-31(33)29-37(25-19-35-20-26-37)23-13-7-5-3-4-6-8-14-24-38(27-21-36-22-28-38)30-32-16-10-12-18-34(32)40-2/h9-12,15-18,35-36H,3-8,13-14,19-30H2,1-2H3/q+2. The zero-order valence-electron chi connectivity index (χ0n) is 25.5. The Kier molecular flexibility index (Phi) is 12.6. The molecule has 2 saturated heterocycles. The number of hydrogen-bond donors (Lipinski definition) is 2. The number of hydrogen-bond acceptors (Lipinski definition) is 4. The van der Waals surface area contributed by atoms with Crippen molar-refractivity contribution in [2.45, 2.75) is 64.5 Å². The van der Waals surface area contributed by atoms with Gasteiger partial charge in [-0.25, -0.2) is 0 Å². The summed E-state index contributed by atoms with van der Waals surface area (Å²) in [6.45, 7) is 14.2. The van der Waals surface area contributed by atoms with Crippen LogP contribution < -0.4 is 20.1 Å². The highest BCUT2D eigenvalue weighted by Crippen LogP contribution is 2.26. The van der Waals surface area contributed by atoms with Crippen molar-refractivity contribution in [3.63, 3.8) is 0 Å². The Labute approximate surface area is 244 Å². The summed E-state index contributed by atoms with van der Waals surface area (Å²) in [7, 11) is 3.60. The molecule has 0 aliphatic carbocycles. The Bertz CT molecular complexity index is 906. The van der Waals surface area contributed by atoms with E-state index in [1.165, 1.54) is 111 Å². The third-order valence-corrected chi connectivity index (χ3v) is 9.46. The number of nitrogens with zero attached hydrogens (tertiary/aromatic N) is 2. The lowest BCUT2D eigenvalue weighted by Gasteiger charge is -2.42. The first kappa shape index (κ1) is 30.8. The van der Waals surface area contributed by atoms with E-state index in [1.807, 2.05) is 0 Å². The minimum atomic E-state index is 1.04. The van der Waals surface area contributed by atoms with E-state index >= 15 is 0 Å². The van der Waals surface area contributed by atoms with Crippen LogP contribution in [0.25, 0.3) is 0 Å². The summed E-state index contributed by atoms with van der Waals surface area (Å²) in [4.78, 5) is 0. The summed E-state index contributed by atoms with van der Waals surface area (Å²) in [5.41, 5.74) is 2.72. The summed E-state index contributed by atoms with van der Waals surface area (Å²) >= 11 is 0. The lowest BCUT2D eigenvalue weighted by molar-refractivity contribution is -0.942. The van der Waals surface area contributed by atoms with Gasteiger partial charge >= 0.3 is 0 Å². The monoisotopic (exact) mass is 552 g/mol. The predicted molar refractivity (Wildman–Crippen MR) is 166 cm³/mol. The van der Waals surface area contributed by atoms with Crippen LogP contribution in [0.5, 0.6) is 11.5 Å². The quantitative estimate of drug-likeness (QED) is 0.205. The second-order valence-electron chi connectivity index (χ2n) is 12.3. The molecule has 0 bridgehead atoms. The molecule has 0 radical (unpaired) electrons. The van der Waals surface area contributed by atoms with Gasteiger partial charge in [-0.15, -0.1) is 0 Å². The van der Waals surface area contributed by atoms with E-state index in [1.54, 1.807) is 14.2 Å². The van der Waals surface area contributed by atoms with E-state index in [0.717, 1.165) is 50.8 Å². The topological polar surface area (TPSA) is 42.5 Å². The number of nitrogens with one attached hydrogen (secondary N) is 2. The Hall–Kier alpha value is -2.12. The predicted octanol–water partition coefficient (Wildman–Crippen LogP) is 5.36. The molecule has 2 aromatic carbocycles. The molecule has 6 nitrogen and oxygen atoms in total. The molecular weight excluding hydrogens is 496 g/mol. The van der Waals surface area contributed by atoms with Crippen molar-refractivity contribution >= 4 is 0 Å². The van der Waals surface area contributed by atoms with Crippen LogP contribution in [-0.4, -0.2) is 88.6 Å². The molecule has 6 heteroatoms. The fourth-order valence-electron chi connectivity index (χ4n) is 7.01. The molecule has 2 aliphatic rings. The molecular formula is C34H56N4O2+2. The first-order chi connectivity index (χ1) is 19.7.